The Morgan fingerprint density at radius 2 is 1.94 bits per heavy atom. The van der Waals surface area contributed by atoms with E-state index in [9.17, 15) is 32.8 Å². The molecule has 0 spiro atoms. The number of anilines is 1. The molecule has 2 aromatic carbocycles. The Bertz CT molecular complexity index is 1240. The number of nitriles is 1. The van der Waals surface area contributed by atoms with Crippen LogP contribution in [0, 0.1) is 11.3 Å². The van der Waals surface area contributed by atoms with Crippen molar-refractivity contribution in [2.45, 2.75) is 18.5 Å². The van der Waals surface area contributed by atoms with Crippen molar-refractivity contribution in [3.8, 4) is 6.07 Å². The number of thioether (sulfide) groups is 1. The molecule has 1 heterocycles. The lowest BCUT2D eigenvalue weighted by Gasteiger charge is -2.25. The molecule has 0 bridgehead atoms. The molecule has 0 unspecified atom stereocenters. The SMILES string of the molecule is COC(=O)c1ccc([C@@H]2CC(=O)NC(SCC(=O)Nc3cc(C(F)(F)F)ccc3Cl)=C2C#N)cc1. The quantitative estimate of drug-likeness (QED) is 0.524. The number of methoxy groups -OCH3 is 1. The van der Waals surface area contributed by atoms with Gasteiger partial charge in [0.15, 0.2) is 0 Å². The number of alkyl halides is 3. The summed E-state index contributed by atoms with van der Waals surface area (Å²) >= 11 is 6.76. The molecule has 7 nitrogen and oxygen atoms in total. The summed E-state index contributed by atoms with van der Waals surface area (Å²) in [5.74, 6) is -2.50. The highest BCUT2D eigenvalue weighted by molar-refractivity contribution is 8.03. The van der Waals surface area contributed by atoms with Gasteiger partial charge in [-0.15, -0.1) is 0 Å². The van der Waals surface area contributed by atoms with Crippen molar-refractivity contribution in [3.05, 3.63) is 74.8 Å². The Kier molecular flexibility index (Phi) is 8.09. The molecule has 0 saturated carbocycles. The van der Waals surface area contributed by atoms with Crippen molar-refractivity contribution in [2.24, 2.45) is 0 Å². The number of benzene rings is 2. The van der Waals surface area contributed by atoms with Gasteiger partial charge in [-0.3, -0.25) is 9.59 Å². The number of hydrogen-bond donors (Lipinski definition) is 2. The second-order valence-corrected chi connectivity index (χ2v) is 8.70. The second-order valence-electron chi connectivity index (χ2n) is 7.30. The lowest BCUT2D eigenvalue weighted by molar-refractivity contribution is -0.137. The van der Waals surface area contributed by atoms with Crippen LogP contribution in [-0.4, -0.2) is 30.6 Å². The minimum Gasteiger partial charge on any atom is -0.465 e. The van der Waals surface area contributed by atoms with E-state index in [0.29, 0.717) is 11.1 Å². The average Bonchev–Trinajstić information content (AvgIpc) is 2.82. The first-order chi connectivity index (χ1) is 16.5. The van der Waals surface area contributed by atoms with Crippen LogP contribution in [0.5, 0.6) is 0 Å². The van der Waals surface area contributed by atoms with Gasteiger partial charge in [-0.25, -0.2) is 4.79 Å². The molecule has 1 atom stereocenters. The molecule has 0 fully saturated rings. The topological polar surface area (TPSA) is 108 Å². The fourth-order valence-electron chi connectivity index (χ4n) is 3.31. The first kappa shape index (κ1) is 26.1. The predicted molar refractivity (Wildman–Crippen MR) is 123 cm³/mol. The minimum absolute atomic E-state index is 0.0173. The van der Waals surface area contributed by atoms with E-state index in [4.69, 9.17) is 11.6 Å². The molecule has 182 valence electrons. The van der Waals surface area contributed by atoms with Gasteiger partial charge in [0.1, 0.15) is 0 Å². The second kappa shape index (κ2) is 10.8. The predicted octanol–water partition coefficient (Wildman–Crippen LogP) is 4.86. The van der Waals surface area contributed by atoms with Crippen molar-refractivity contribution in [2.75, 3.05) is 18.2 Å². The van der Waals surface area contributed by atoms with Gasteiger partial charge < -0.3 is 15.4 Å². The molecule has 2 N–H and O–H groups in total. The van der Waals surface area contributed by atoms with Crippen LogP contribution in [0.1, 0.15) is 33.8 Å². The number of carbonyl (C=O) groups is 3. The molecule has 3 rings (SSSR count). The van der Waals surface area contributed by atoms with Crippen molar-refractivity contribution in [1.29, 1.82) is 5.26 Å². The number of rotatable bonds is 6. The molecular weight excluding hydrogens is 507 g/mol. The minimum atomic E-state index is -4.61. The Morgan fingerprint density at radius 3 is 2.54 bits per heavy atom. The number of allylic oxidation sites excluding steroid dienone is 1. The van der Waals surface area contributed by atoms with Crippen LogP contribution in [0.4, 0.5) is 18.9 Å². The number of amides is 2. The number of carbonyl (C=O) groups excluding carboxylic acids is 3. The highest BCUT2D eigenvalue weighted by Crippen LogP contribution is 2.37. The molecule has 2 amide bonds. The van der Waals surface area contributed by atoms with E-state index < -0.39 is 29.5 Å². The van der Waals surface area contributed by atoms with Gasteiger partial charge in [0.25, 0.3) is 0 Å². The largest absolute Gasteiger partial charge is 0.465 e. The zero-order chi connectivity index (χ0) is 25.8. The maximum absolute atomic E-state index is 12.9. The highest BCUT2D eigenvalue weighted by Gasteiger charge is 2.32. The summed E-state index contributed by atoms with van der Waals surface area (Å²) in [5.41, 5.74) is -0.0519. The first-order valence-corrected chi connectivity index (χ1v) is 11.3. The van der Waals surface area contributed by atoms with Gasteiger partial charge in [0, 0.05) is 12.3 Å². The number of esters is 1. The molecule has 0 aromatic heterocycles. The van der Waals surface area contributed by atoms with E-state index in [-0.39, 0.29) is 39.4 Å². The summed E-state index contributed by atoms with van der Waals surface area (Å²) in [4.78, 5) is 36.3. The third kappa shape index (κ3) is 6.35. The maximum atomic E-state index is 12.9. The van der Waals surface area contributed by atoms with Gasteiger partial charge in [0.2, 0.25) is 11.8 Å². The molecule has 2 aromatic rings. The van der Waals surface area contributed by atoms with Crippen LogP contribution in [0.25, 0.3) is 0 Å². The fourth-order valence-corrected chi connectivity index (χ4v) is 4.35. The number of nitrogens with one attached hydrogen (secondary N) is 2. The van der Waals surface area contributed by atoms with E-state index >= 15 is 0 Å². The van der Waals surface area contributed by atoms with Gasteiger partial charge in [-0.05, 0) is 35.9 Å². The van der Waals surface area contributed by atoms with E-state index in [1.807, 2.05) is 0 Å². The molecule has 12 heteroatoms. The Morgan fingerprint density at radius 1 is 1.26 bits per heavy atom. The third-order valence-electron chi connectivity index (χ3n) is 5.01. The summed E-state index contributed by atoms with van der Waals surface area (Å²) in [6.07, 6.45) is -4.63. The van der Waals surface area contributed by atoms with E-state index in [2.05, 4.69) is 21.4 Å². The van der Waals surface area contributed by atoms with E-state index in [0.717, 1.165) is 30.0 Å². The fraction of sp³-hybridized carbons (Fsp3) is 0.217. The highest BCUT2D eigenvalue weighted by atomic mass is 35.5. The van der Waals surface area contributed by atoms with Gasteiger partial charge in [-0.2, -0.15) is 18.4 Å². The van der Waals surface area contributed by atoms with Crippen LogP contribution >= 0.6 is 23.4 Å². The van der Waals surface area contributed by atoms with Crippen LogP contribution < -0.4 is 10.6 Å². The monoisotopic (exact) mass is 523 g/mol. The third-order valence-corrected chi connectivity index (χ3v) is 6.35. The number of nitrogens with zero attached hydrogens (tertiary/aromatic N) is 1. The van der Waals surface area contributed by atoms with Crippen LogP contribution in [0.3, 0.4) is 0 Å². The molecule has 1 aliphatic rings. The number of halogens is 4. The van der Waals surface area contributed by atoms with E-state index in [1.54, 1.807) is 12.1 Å². The lowest BCUT2D eigenvalue weighted by Crippen LogP contribution is -2.31. The number of ether oxygens (including phenoxy) is 1. The molecular formula is C23H17ClF3N3O4S. The zero-order valence-electron chi connectivity index (χ0n) is 18.0. The summed E-state index contributed by atoms with van der Waals surface area (Å²) in [6, 6.07) is 10.9. The Balaban J connectivity index is 1.77. The van der Waals surface area contributed by atoms with Gasteiger partial charge >= 0.3 is 12.1 Å². The van der Waals surface area contributed by atoms with E-state index in [1.165, 1.54) is 19.2 Å². The van der Waals surface area contributed by atoms with Gasteiger partial charge in [0.05, 0.1) is 51.4 Å². The Labute approximate surface area is 207 Å². The van der Waals surface area contributed by atoms with Crippen molar-refractivity contribution < 1.29 is 32.3 Å². The van der Waals surface area contributed by atoms with Crippen molar-refractivity contribution >= 4 is 46.8 Å². The summed E-state index contributed by atoms with van der Waals surface area (Å²) in [5, 5.41) is 14.7. The molecule has 0 aliphatic carbocycles. The van der Waals surface area contributed by atoms with Gasteiger partial charge in [-0.1, -0.05) is 35.5 Å². The molecule has 1 aliphatic heterocycles. The maximum Gasteiger partial charge on any atom is 0.416 e. The summed E-state index contributed by atoms with van der Waals surface area (Å²) < 4.78 is 43.5. The van der Waals surface area contributed by atoms with Crippen LogP contribution in [0.15, 0.2) is 53.1 Å². The number of hydrogen-bond acceptors (Lipinski definition) is 6. The smallest absolute Gasteiger partial charge is 0.416 e. The molecule has 0 saturated heterocycles. The zero-order valence-corrected chi connectivity index (χ0v) is 19.6. The van der Waals surface area contributed by atoms with Crippen molar-refractivity contribution in [1.82, 2.24) is 5.32 Å². The standard InChI is InChI=1S/C23H17ClF3N3O4S/c1-34-22(33)13-4-2-12(3-5-13)15-9-19(31)30-21(16(15)10-28)35-11-20(32)29-18-8-14(23(25,26)27)6-7-17(18)24/h2-8,15H,9,11H2,1H3,(H,29,32)(H,30,31)/t15-/m0/s1. The van der Waals surface area contributed by atoms with Crippen LogP contribution in [0.2, 0.25) is 5.02 Å². The Hall–Kier alpha value is -3.49. The summed E-state index contributed by atoms with van der Waals surface area (Å²) in [6.45, 7) is 0. The first-order valence-electron chi connectivity index (χ1n) is 9.95. The lowest BCUT2D eigenvalue weighted by atomic mass is 9.87. The average molecular weight is 524 g/mol. The van der Waals surface area contributed by atoms with Crippen molar-refractivity contribution in [3.63, 3.8) is 0 Å². The molecule has 0 radical (unpaired) electrons. The molecule has 35 heavy (non-hydrogen) atoms. The van der Waals surface area contributed by atoms with Crippen LogP contribution in [-0.2, 0) is 20.5 Å². The summed E-state index contributed by atoms with van der Waals surface area (Å²) in [7, 11) is 1.25. The normalized spacial score (nSPS) is 15.8.